The number of nitrogens with zero attached hydrogens (tertiary/aromatic N) is 2. The summed E-state index contributed by atoms with van der Waals surface area (Å²) in [7, 11) is 0. The minimum atomic E-state index is -4.50. The summed E-state index contributed by atoms with van der Waals surface area (Å²) in [4.78, 5) is 6.42. The van der Waals surface area contributed by atoms with Crippen LogP contribution in [0.4, 0.5) is 13.2 Å². The first kappa shape index (κ1) is 11.9. The van der Waals surface area contributed by atoms with Gasteiger partial charge in [0.25, 0.3) is 0 Å². The zero-order valence-electron chi connectivity index (χ0n) is 8.12. The third-order valence-corrected chi connectivity index (χ3v) is 1.81. The molecule has 0 fully saturated rings. The number of hydrogen-bond acceptors (Lipinski definition) is 3. The van der Waals surface area contributed by atoms with E-state index in [-0.39, 0.29) is 0 Å². The number of hydrogen-bond donors (Lipinski definition) is 1. The van der Waals surface area contributed by atoms with Crippen LogP contribution in [-0.2, 0) is 12.6 Å². The van der Waals surface area contributed by atoms with Crippen molar-refractivity contribution in [2.24, 2.45) is 0 Å². The molecule has 0 amide bonds. The zero-order valence-corrected chi connectivity index (χ0v) is 8.12. The van der Waals surface area contributed by atoms with Crippen LogP contribution in [0.3, 0.4) is 0 Å². The largest absolute Gasteiger partial charge is 0.451 e. The molecule has 84 valence electrons. The molecule has 0 aliphatic carbocycles. The van der Waals surface area contributed by atoms with Crippen molar-refractivity contribution >= 4 is 0 Å². The van der Waals surface area contributed by atoms with Crippen LogP contribution in [0.1, 0.15) is 24.7 Å². The number of aliphatic hydroxyl groups is 1. The fraction of sp³-hybridized carbons (Fsp3) is 0.556. The van der Waals surface area contributed by atoms with E-state index in [9.17, 15) is 13.2 Å². The number of alkyl halides is 3. The van der Waals surface area contributed by atoms with Crippen molar-refractivity contribution in [3.63, 3.8) is 0 Å². The van der Waals surface area contributed by atoms with E-state index in [4.69, 9.17) is 5.11 Å². The molecule has 0 bridgehead atoms. The molecule has 0 saturated heterocycles. The lowest BCUT2D eigenvalue weighted by Crippen LogP contribution is -2.11. The number of aryl methyl sites for hydroxylation is 1. The van der Waals surface area contributed by atoms with E-state index in [1.807, 2.05) is 0 Å². The Bertz CT molecular complexity index is 308. The molecule has 3 nitrogen and oxygen atoms in total. The number of rotatable bonds is 3. The summed E-state index contributed by atoms with van der Waals surface area (Å²) in [6.07, 6.45) is -1.75. The van der Waals surface area contributed by atoms with Gasteiger partial charge in [-0.25, -0.2) is 9.97 Å². The van der Waals surface area contributed by atoms with E-state index in [2.05, 4.69) is 9.97 Å². The van der Waals surface area contributed by atoms with Crippen molar-refractivity contribution in [3.05, 3.63) is 23.8 Å². The number of aromatic nitrogens is 2. The summed E-state index contributed by atoms with van der Waals surface area (Å²) in [6.45, 7) is 1.62. The van der Waals surface area contributed by atoms with E-state index >= 15 is 0 Å². The van der Waals surface area contributed by atoms with Crippen molar-refractivity contribution in [3.8, 4) is 0 Å². The normalized spacial score (nSPS) is 13.9. The molecule has 0 aliphatic rings. The SMILES string of the molecule is CC(O)CCc1cnc(C(F)(F)F)nc1. The molecule has 0 radical (unpaired) electrons. The minimum Gasteiger partial charge on any atom is -0.393 e. The lowest BCUT2D eigenvalue weighted by atomic mass is 10.1. The molecule has 15 heavy (non-hydrogen) atoms. The summed E-state index contributed by atoms with van der Waals surface area (Å²) in [5, 5.41) is 8.98. The maximum absolute atomic E-state index is 12.1. The molecule has 0 saturated carbocycles. The van der Waals surface area contributed by atoms with Gasteiger partial charge >= 0.3 is 6.18 Å². The van der Waals surface area contributed by atoms with E-state index in [0.29, 0.717) is 18.4 Å². The second-order valence-electron chi connectivity index (χ2n) is 3.30. The molecule has 1 heterocycles. The van der Waals surface area contributed by atoms with Crippen LogP contribution < -0.4 is 0 Å². The maximum atomic E-state index is 12.1. The van der Waals surface area contributed by atoms with Gasteiger partial charge in [0, 0.05) is 12.4 Å². The van der Waals surface area contributed by atoms with E-state index in [1.54, 1.807) is 6.92 Å². The van der Waals surface area contributed by atoms with Gasteiger partial charge < -0.3 is 5.11 Å². The third kappa shape index (κ3) is 3.83. The van der Waals surface area contributed by atoms with Crippen LogP contribution >= 0.6 is 0 Å². The molecule has 1 unspecified atom stereocenters. The van der Waals surface area contributed by atoms with Crippen LogP contribution in [0.2, 0.25) is 0 Å². The molecule has 1 rings (SSSR count). The Morgan fingerprint density at radius 3 is 2.27 bits per heavy atom. The highest BCUT2D eigenvalue weighted by atomic mass is 19.4. The first-order chi connectivity index (χ1) is 6.89. The topological polar surface area (TPSA) is 46.0 Å². The van der Waals surface area contributed by atoms with Gasteiger partial charge in [-0.15, -0.1) is 0 Å². The molecule has 0 aliphatic heterocycles. The molecule has 1 aromatic rings. The third-order valence-electron chi connectivity index (χ3n) is 1.81. The van der Waals surface area contributed by atoms with Crippen LogP contribution in [0, 0.1) is 0 Å². The maximum Gasteiger partial charge on any atom is 0.451 e. The highest BCUT2D eigenvalue weighted by Gasteiger charge is 2.34. The van der Waals surface area contributed by atoms with Gasteiger partial charge in [-0.1, -0.05) is 0 Å². The summed E-state index contributed by atoms with van der Waals surface area (Å²) < 4.78 is 36.2. The van der Waals surface area contributed by atoms with E-state index in [0.717, 1.165) is 12.4 Å². The molecular weight excluding hydrogens is 209 g/mol. The van der Waals surface area contributed by atoms with Gasteiger partial charge in [0.05, 0.1) is 6.10 Å². The number of aliphatic hydroxyl groups excluding tert-OH is 1. The average molecular weight is 220 g/mol. The highest BCUT2D eigenvalue weighted by Crippen LogP contribution is 2.25. The van der Waals surface area contributed by atoms with Gasteiger partial charge in [-0.3, -0.25) is 0 Å². The predicted octanol–water partition coefficient (Wildman–Crippen LogP) is 1.81. The molecule has 6 heteroatoms. The fourth-order valence-corrected chi connectivity index (χ4v) is 1.01. The highest BCUT2D eigenvalue weighted by molar-refractivity contribution is 5.06. The first-order valence-electron chi connectivity index (χ1n) is 4.46. The van der Waals surface area contributed by atoms with Crippen LogP contribution in [-0.4, -0.2) is 21.2 Å². The second kappa shape index (κ2) is 4.57. The van der Waals surface area contributed by atoms with Gasteiger partial charge in [0.2, 0.25) is 5.82 Å². The Hall–Kier alpha value is -1.17. The van der Waals surface area contributed by atoms with Crippen LogP contribution in [0.15, 0.2) is 12.4 Å². The molecule has 1 aromatic heterocycles. The van der Waals surface area contributed by atoms with Crippen molar-refractivity contribution < 1.29 is 18.3 Å². The fourth-order valence-electron chi connectivity index (χ4n) is 1.01. The van der Waals surface area contributed by atoms with Crippen molar-refractivity contribution in [1.29, 1.82) is 0 Å². The monoisotopic (exact) mass is 220 g/mol. The predicted molar refractivity (Wildman–Crippen MR) is 47.0 cm³/mol. The van der Waals surface area contributed by atoms with Gasteiger partial charge in [0.15, 0.2) is 0 Å². The van der Waals surface area contributed by atoms with Crippen molar-refractivity contribution in [2.45, 2.75) is 32.0 Å². The lowest BCUT2D eigenvalue weighted by molar-refractivity contribution is -0.145. The van der Waals surface area contributed by atoms with E-state index in [1.165, 1.54) is 0 Å². The zero-order chi connectivity index (χ0) is 11.5. The molecule has 1 atom stereocenters. The Kier molecular flexibility index (Phi) is 3.62. The summed E-state index contributed by atoms with van der Waals surface area (Å²) in [5.74, 6) is -1.14. The average Bonchev–Trinajstić information content (AvgIpc) is 2.14. The smallest absolute Gasteiger partial charge is 0.393 e. The summed E-state index contributed by atoms with van der Waals surface area (Å²) in [5.41, 5.74) is 0.587. The van der Waals surface area contributed by atoms with Crippen molar-refractivity contribution in [2.75, 3.05) is 0 Å². The van der Waals surface area contributed by atoms with Crippen LogP contribution in [0.25, 0.3) is 0 Å². The Morgan fingerprint density at radius 1 is 1.33 bits per heavy atom. The standard InChI is InChI=1S/C9H11F3N2O/c1-6(15)2-3-7-4-13-8(14-5-7)9(10,11)12/h4-6,15H,2-3H2,1H3. The van der Waals surface area contributed by atoms with E-state index < -0.39 is 18.1 Å². The quantitative estimate of drug-likeness (QED) is 0.844. The molecular formula is C9H11F3N2O. The molecule has 0 spiro atoms. The summed E-state index contributed by atoms with van der Waals surface area (Å²) >= 11 is 0. The first-order valence-corrected chi connectivity index (χ1v) is 4.46. The minimum absolute atomic E-state index is 0.468. The summed E-state index contributed by atoms with van der Waals surface area (Å²) in [6, 6.07) is 0. The molecule has 0 aromatic carbocycles. The van der Waals surface area contributed by atoms with Crippen molar-refractivity contribution in [1.82, 2.24) is 9.97 Å². The Labute approximate surface area is 85.0 Å². The Morgan fingerprint density at radius 2 is 1.87 bits per heavy atom. The molecule has 1 N–H and O–H groups in total. The Balaban J connectivity index is 2.65. The second-order valence-corrected chi connectivity index (χ2v) is 3.30. The number of halogens is 3. The van der Waals surface area contributed by atoms with Gasteiger partial charge in [-0.05, 0) is 25.3 Å². The lowest BCUT2D eigenvalue weighted by Gasteiger charge is -2.06. The van der Waals surface area contributed by atoms with Gasteiger partial charge in [-0.2, -0.15) is 13.2 Å². The van der Waals surface area contributed by atoms with Gasteiger partial charge in [0.1, 0.15) is 0 Å². The van der Waals surface area contributed by atoms with Crippen LogP contribution in [0.5, 0.6) is 0 Å².